The van der Waals surface area contributed by atoms with Gasteiger partial charge in [0.2, 0.25) is 0 Å². The van der Waals surface area contributed by atoms with E-state index in [0.29, 0.717) is 23.6 Å². The number of aryl methyl sites for hydroxylation is 1. The highest BCUT2D eigenvalue weighted by molar-refractivity contribution is 6.12. The Hall–Kier alpha value is -4.80. The molecule has 0 spiro atoms. The van der Waals surface area contributed by atoms with Crippen molar-refractivity contribution in [3.8, 4) is 28.5 Å². The van der Waals surface area contributed by atoms with Gasteiger partial charge in [0, 0.05) is 28.5 Å². The first-order chi connectivity index (χ1) is 18.5. The lowest BCUT2D eigenvalue weighted by atomic mass is 9.98. The van der Waals surface area contributed by atoms with Gasteiger partial charge in [-0.2, -0.15) is 18.3 Å². The summed E-state index contributed by atoms with van der Waals surface area (Å²) in [4.78, 5) is 13.8. The Morgan fingerprint density at radius 3 is 2.15 bits per heavy atom. The van der Waals surface area contributed by atoms with E-state index >= 15 is 0 Å². The molecule has 0 fully saturated rings. The van der Waals surface area contributed by atoms with E-state index in [0.717, 1.165) is 33.1 Å². The normalized spacial score (nSPS) is 11.2. The van der Waals surface area contributed by atoms with Gasteiger partial charge in [-0.1, -0.05) is 29.8 Å². The number of rotatable bonds is 5. The lowest BCUT2D eigenvalue weighted by Gasteiger charge is -2.13. The average Bonchev–Trinajstić information content (AvgIpc) is 3.30. The minimum absolute atomic E-state index is 0.207. The monoisotopic (exact) mass is 539 g/mol. The van der Waals surface area contributed by atoms with E-state index in [1.807, 2.05) is 24.3 Å². The number of carboxylic acids is 1. The molecular formula is C28H24F3N3O5. The van der Waals surface area contributed by atoms with Gasteiger partial charge in [0.15, 0.2) is 17.1 Å². The van der Waals surface area contributed by atoms with E-state index in [9.17, 15) is 18.3 Å². The van der Waals surface area contributed by atoms with Crippen molar-refractivity contribution in [2.75, 3.05) is 14.2 Å². The molecule has 2 heterocycles. The number of ether oxygens (including phenoxy) is 2. The molecule has 0 bridgehead atoms. The highest BCUT2D eigenvalue weighted by Crippen LogP contribution is 2.40. The lowest BCUT2D eigenvalue weighted by Crippen LogP contribution is -2.21. The van der Waals surface area contributed by atoms with Crippen LogP contribution in [0.2, 0.25) is 0 Å². The number of halogens is 3. The van der Waals surface area contributed by atoms with Gasteiger partial charge in [-0.25, -0.2) is 9.78 Å². The van der Waals surface area contributed by atoms with Gasteiger partial charge >= 0.3 is 12.1 Å². The molecule has 0 aliphatic carbocycles. The van der Waals surface area contributed by atoms with E-state index in [4.69, 9.17) is 24.4 Å². The molecule has 5 aromatic rings. The number of aliphatic carboxylic acids is 1. The fourth-order valence-corrected chi connectivity index (χ4v) is 4.17. The van der Waals surface area contributed by atoms with Crippen molar-refractivity contribution in [1.82, 2.24) is 15.2 Å². The molecule has 39 heavy (non-hydrogen) atoms. The molecule has 5 rings (SSSR count). The molecule has 0 saturated carbocycles. The smallest absolute Gasteiger partial charge is 0.490 e. The summed E-state index contributed by atoms with van der Waals surface area (Å²) < 4.78 is 42.9. The summed E-state index contributed by atoms with van der Waals surface area (Å²) in [6.07, 6.45) is -4.37. The maximum Gasteiger partial charge on any atom is 0.490 e. The number of fused-ring (bicyclic) bond motifs is 3. The zero-order chi connectivity index (χ0) is 28.3. The fourth-order valence-electron chi connectivity index (χ4n) is 4.17. The summed E-state index contributed by atoms with van der Waals surface area (Å²) in [7, 11) is 3.25. The van der Waals surface area contributed by atoms with Crippen LogP contribution in [0.5, 0.6) is 17.2 Å². The molecule has 0 atom stereocenters. The maximum atomic E-state index is 10.6. The van der Waals surface area contributed by atoms with Crippen LogP contribution in [0, 0.1) is 6.92 Å². The number of phenolic OH excluding ortho intramolecular Hbond substituents is 1. The Morgan fingerprint density at radius 2 is 1.59 bits per heavy atom. The van der Waals surface area contributed by atoms with Crippen LogP contribution >= 0.6 is 0 Å². The highest BCUT2D eigenvalue weighted by Gasteiger charge is 2.38. The lowest BCUT2D eigenvalue weighted by molar-refractivity contribution is -0.192. The predicted molar refractivity (Wildman–Crippen MR) is 139 cm³/mol. The number of aromatic amines is 1. The van der Waals surface area contributed by atoms with Crippen molar-refractivity contribution in [1.29, 1.82) is 0 Å². The number of hydrogen-bond donors (Lipinski definition) is 3. The molecule has 11 heteroatoms. The fraction of sp³-hybridized carbons (Fsp3) is 0.179. The number of alkyl halides is 3. The standard InChI is InChI=1S/C26H23N3O3.C2HF3O2/c1-15-5-4-6-16(11-15)12-21-24-19-13-22(31-2)23(32-3)14-20(19)25(27-26(24)29-28-21)17-7-9-18(30)10-8-17;3-2(4,5)1(6)7/h4-11,13-14,30H,12H2,1-3H3,(H,27,28,29);(H,6,7). The molecule has 0 unspecified atom stereocenters. The number of phenols is 1. The van der Waals surface area contributed by atoms with Crippen LogP contribution in [-0.2, 0) is 11.2 Å². The second kappa shape index (κ2) is 10.9. The number of aromatic nitrogens is 3. The molecule has 3 aromatic carbocycles. The summed E-state index contributed by atoms with van der Waals surface area (Å²) in [6.45, 7) is 2.09. The van der Waals surface area contributed by atoms with Crippen molar-refractivity contribution in [2.45, 2.75) is 19.5 Å². The minimum atomic E-state index is -5.08. The number of H-pyrrole nitrogens is 1. The first kappa shape index (κ1) is 27.2. The molecule has 2 aromatic heterocycles. The van der Waals surface area contributed by atoms with E-state index in [2.05, 4.69) is 41.4 Å². The second-order valence-corrected chi connectivity index (χ2v) is 8.63. The Labute approximate surface area is 220 Å². The van der Waals surface area contributed by atoms with Gasteiger partial charge in [0.25, 0.3) is 0 Å². The van der Waals surface area contributed by atoms with Gasteiger partial charge in [-0.05, 0) is 48.9 Å². The van der Waals surface area contributed by atoms with Gasteiger partial charge in [-0.15, -0.1) is 0 Å². The van der Waals surface area contributed by atoms with Crippen LogP contribution in [0.1, 0.15) is 16.8 Å². The maximum absolute atomic E-state index is 10.6. The van der Waals surface area contributed by atoms with E-state index < -0.39 is 12.1 Å². The number of methoxy groups -OCH3 is 2. The number of nitrogens with zero attached hydrogens (tertiary/aromatic N) is 2. The minimum Gasteiger partial charge on any atom is -0.508 e. The number of hydrogen-bond acceptors (Lipinski definition) is 6. The van der Waals surface area contributed by atoms with Crippen LogP contribution in [0.3, 0.4) is 0 Å². The van der Waals surface area contributed by atoms with Gasteiger partial charge in [-0.3, -0.25) is 5.10 Å². The number of benzene rings is 3. The van der Waals surface area contributed by atoms with Crippen LogP contribution in [0.25, 0.3) is 33.1 Å². The largest absolute Gasteiger partial charge is 0.508 e. The number of pyridine rings is 1. The van der Waals surface area contributed by atoms with E-state index in [1.165, 1.54) is 11.1 Å². The van der Waals surface area contributed by atoms with Crippen molar-refractivity contribution in [2.24, 2.45) is 0 Å². The Morgan fingerprint density at radius 1 is 0.974 bits per heavy atom. The molecule has 0 radical (unpaired) electrons. The molecule has 8 nitrogen and oxygen atoms in total. The van der Waals surface area contributed by atoms with E-state index in [-0.39, 0.29) is 5.75 Å². The quantitative estimate of drug-likeness (QED) is 0.250. The summed E-state index contributed by atoms with van der Waals surface area (Å²) in [5.41, 5.74) is 5.69. The first-order valence-corrected chi connectivity index (χ1v) is 11.6. The van der Waals surface area contributed by atoms with Crippen molar-refractivity contribution >= 4 is 27.8 Å². The Bertz CT molecular complexity index is 1650. The molecule has 0 amide bonds. The molecule has 0 saturated heterocycles. The first-order valence-electron chi connectivity index (χ1n) is 11.6. The third-order valence-electron chi connectivity index (χ3n) is 5.93. The zero-order valence-electron chi connectivity index (χ0n) is 21.1. The summed E-state index contributed by atoms with van der Waals surface area (Å²) >= 11 is 0. The zero-order valence-corrected chi connectivity index (χ0v) is 21.1. The Balaban J connectivity index is 0.000000448. The molecular weight excluding hydrogens is 515 g/mol. The molecule has 202 valence electrons. The molecule has 3 N–H and O–H groups in total. The van der Waals surface area contributed by atoms with Crippen molar-refractivity contribution < 1.29 is 37.7 Å². The van der Waals surface area contributed by atoms with E-state index in [1.54, 1.807) is 26.4 Å². The topological polar surface area (TPSA) is 118 Å². The number of carbonyl (C=O) groups is 1. The van der Waals surface area contributed by atoms with Gasteiger partial charge < -0.3 is 19.7 Å². The number of aromatic hydroxyl groups is 1. The van der Waals surface area contributed by atoms with Gasteiger partial charge in [0.1, 0.15) is 5.75 Å². The van der Waals surface area contributed by atoms with Crippen LogP contribution in [0.15, 0.2) is 60.7 Å². The average molecular weight is 540 g/mol. The van der Waals surface area contributed by atoms with Crippen LogP contribution in [0.4, 0.5) is 13.2 Å². The molecule has 0 aliphatic heterocycles. The number of carboxylic acid groups (broad SMARTS) is 1. The van der Waals surface area contributed by atoms with Gasteiger partial charge in [0.05, 0.1) is 25.3 Å². The number of nitrogens with one attached hydrogen (secondary N) is 1. The Kier molecular flexibility index (Phi) is 7.61. The summed E-state index contributed by atoms with van der Waals surface area (Å²) in [5.74, 6) is -1.28. The summed E-state index contributed by atoms with van der Waals surface area (Å²) in [6, 6.07) is 19.4. The third kappa shape index (κ3) is 5.87. The second-order valence-electron chi connectivity index (χ2n) is 8.63. The van der Waals surface area contributed by atoms with Crippen LogP contribution in [-0.4, -0.2) is 51.8 Å². The summed E-state index contributed by atoms with van der Waals surface area (Å²) in [5, 5.41) is 27.5. The SMILES string of the molecule is COc1cc2c(-c3ccc(O)cc3)nc3n[nH]c(Cc4cccc(C)c4)c3c2cc1OC.O=C(O)C(F)(F)F. The van der Waals surface area contributed by atoms with Crippen molar-refractivity contribution in [3.63, 3.8) is 0 Å². The highest BCUT2D eigenvalue weighted by atomic mass is 19.4. The van der Waals surface area contributed by atoms with Crippen molar-refractivity contribution in [3.05, 3.63) is 77.5 Å². The predicted octanol–water partition coefficient (Wildman–Crippen LogP) is 6.03. The third-order valence-corrected chi connectivity index (χ3v) is 5.93. The van der Waals surface area contributed by atoms with Crippen LogP contribution < -0.4 is 9.47 Å². The molecule has 0 aliphatic rings.